The summed E-state index contributed by atoms with van der Waals surface area (Å²) in [6.07, 6.45) is 6.51. The van der Waals surface area contributed by atoms with Crippen molar-refractivity contribution in [3.05, 3.63) is 0 Å². The SMILES string of the molecule is CCCN(CCC)C(=O)CCCC(=O)NC1(C(=O)O)CCCCC1. The van der Waals surface area contributed by atoms with Gasteiger partial charge >= 0.3 is 5.97 Å². The number of nitrogens with zero attached hydrogens (tertiary/aromatic N) is 1. The number of hydrogen-bond donors (Lipinski definition) is 2. The molecule has 0 aromatic rings. The van der Waals surface area contributed by atoms with Crippen molar-refractivity contribution in [3.63, 3.8) is 0 Å². The fraction of sp³-hybridized carbons (Fsp3) is 0.833. The maximum atomic E-state index is 12.2. The average molecular weight is 340 g/mol. The summed E-state index contributed by atoms with van der Waals surface area (Å²) in [6, 6.07) is 0. The van der Waals surface area contributed by atoms with E-state index in [2.05, 4.69) is 5.32 Å². The van der Waals surface area contributed by atoms with Gasteiger partial charge in [0, 0.05) is 25.9 Å². The van der Waals surface area contributed by atoms with Crippen molar-refractivity contribution in [1.29, 1.82) is 0 Å². The van der Waals surface area contributed by atoms with E-state index >= 15 is 0 Å². The molecular weight excluding hydrogens is 308 g/mol. The molecule has 6 heteroatoms. The Morgan fingerprint density at radius 3 is 2.08 bits per heavy atom. The van der Waals surface area contributed by atoms with Gasteiger partial charge in [0.15, 0.2) is 0 Å². The van der Waals surface area contributed by atoms with Gasteiger partial charge in [-0.05, 0) is 32.1 Å². The predicted molar refractivity (Wildman–Crippen MR) is 92.6 cm³/mol. The molecule has 0 unspecified atom stereocenters. The Morgan fingerprint density at radius 2 is 1.58 bits per heavy atom. The van der Waals surface area contributed by atoms with E-state index in [1.807, 2.05) is 18.7 Å². The topological polar surface area (TPSA) is 86.7 Å². The maximum absolute atomic E-state index is 12.2. The zero-order valence-corrected chi connectivity index (χ0v) is 15.1. The van der Waals surface area contributed by atoms with Crippen LogP contribution in [0.2, 0.25) is 0 Å². The normalized spacial score (nSPS) is 16.4. The largest absolute Gasteiger partial charge is 0.480 e. The summed E-state index contributed by atoms with van der Waals surface area (Å²) in [5.41, 5.74) is -1.10. The first kappa shape index (κ1) is 20.5. The van der Waals surface area contributed by atoms with Crippen LogP contribution in [0.3, 0.4) is 0 Å². The lowest BCUT2D eigenvalue weighted by molar-refractivity contribution is -0.149. The van der Waals surface area contributed by atoms with Crippen LogP contribution in [0.1, 0.15) is 78.1 Å². The number of carboxylic acids is 1. The fourth-order valence-electron chi connectivity index (χ4n) is 3.34. The molecule has 0 spiro atoms. The van der Waals surface area contributed by atoms with E-state index in [1.165, 1.54) is 0 Å². The molecule has 0 saturated heterocycles. The fourth-order valence-corrected chi connectivity index (χ4v) is 3.34. The third kappa shape index (κ3) is 6.13. The van der Waals surface area contributed by atoms with E-state index < -0.39 is 11.5 Å². The van der Waals surface area contributed by atoms with Crippen molar-refractivity contribution in [1.82, 2.24) is 10.2 Å². The molecule has 0 radical (unpaired) electrons. The number of rotatable bonds is 10. The van der Waals surface area contributed by atoms with Crippen molar-refractivity contribution < 1.29 is 19.5 Å². The minimum atomic E-state index is -1.10. The summed E-state index contributed by atoms with van der Waals surface area (Å²) in [4.78, 5) is 37.7. The summed E-state index contributed by atoms with van der Waals surface area (Å²) in [7, 11) is 0. The highest BCUT2D eigenvalue weighted by molar-refractivity contribution is 5.87. The van der Waals surface area contributed by atoms with Crippen molar-refractivity contribution in [2.24, 2.45) is 0 Å². The molecule has 1 rings (SSSR count). The van der Waals surface area contributed by atoms with E-state index in [1.54, 1.807) is 0 Å². The number of aliphatic carboxylic acids is 1. The highest BCUT2D eigenvalue weighted by Crippen LogP contribution is 2.28. The van der Waals surface area contributed by atoms with Gasteiger partial charge in [-0.3, -0.25) is 9.59 Å². The van der Waals surface area contributed by atoms with Crippen molar-refractivity contribution in [2.75, 3.05) is 13.1 Å². The van der Waals surface area contributed by atoms with Gasteiger partial charge < -0.3 is 15.3 Å². The van der Waals surface area contributed by atoms with Crippen LogP contribution in [0, 0.1) is 0 Å². The third-order valence-corrected chi connectivity index (χ3v) is 4.63. The van der Waals surface area contributed by atoms with Gasteiger partial charge in [-0.2, -0.15) is 0 Å². The molecule has 6 nitrogen and oxygen atoms in total. The second-order valence-corrected chi connectivity index (χ2v) is 6.73. The quantitative estimate of drug-likeness (QED) is 0.640. The summed E-state index contributed by atoms with van der Waals surface area (Å²) in [5, 5.41) is 12.2. The zero-order chi connectivity index (χ0) is 18.0. The van der Waals surface area contributed by atoms with Crippen LogP contribution in [-0.2, 0) is 14.4 Å². The third-order valence-electron chi connectivity index (χ3n) is 4.63. The molecule has 2 N–H and O–H groups in total. The Labute approximate surface area is 145 Å². The molecule has 138 valence electrons. The molecule has 2 amide bonds. The summed E-state index contributed by atoms with van der Waals surface area (Å²) >= 11 is 0. The molecule has 1 aliphatic carbocycles. The second kappa shape index (κ2) is 10.3. The smallest absolute Gasteiger partial charge is 0.329 e. The van der Waals surface area contributed by atoms with Gasteiger partial charge in [-0.1, -0.05) is 33.1 Å². The zero-order valence-electron chi connectivity index (χ0n) is 15.1. The van der Waals surface area contributed by atoms with Crippen LogP contribution in [0.25, 0.3) is 0 Å². The summed E-state index contributed by atoms with van der Waals surface area (Å²) < 4.78 is 0. The molecule has 1 saturated carbocycles. The van der Waals surface area contributed by atoms with E-state index in [9.17, 15) is 19.5 Å². The lowest BCUT2D eigenvalue weighted by atomic mass is 9.81. The Balaban J connectivity index is 2.42. The van der Waals surface area contributed by atoms with E-state index in [0.29, 0.717) is 25.7 Å². The van der Waals surface area contributed by atoms with Crippen LogP contribution in [0.4, 0.5) is 0 Å². The monoisotopic (exact) mass is 340 g/mol. The average Bonchev–Trinajstić information content (AvgIpc) is 2.55. The van der Waals surface area contributed by atoms with Crippen LogP contribution in [0.15, 0.2) is 0 Å². The minimum absolute atomic E-state index is 0.0807. The van der Waals surface area contributed by atoms with E-state index in [-0.39, 0.29) is 18.2 Å². The Bertz CT molecular complexity index is 425. The van der Waals surface area contributed by atoms with Gasteiger partial charge in [0.1, 0.15) is 5.54 Å². The Morgan fingerprint density at radius 1 is 1.00 bits per heavy atom. The Kier molecular flexibility index (Phi) is 8.79. The molecule has 1 fully saturated rings. The standard InChI is InChI=1S/C18H32N2O4/c1-3-13-20(14-4-2)16(22)10-8-9-15(21)19-18(17(23)24)11-6-5-7-12-18/h3-14H2,1-2H3,(H,19,21)(H,23,24). The number of amides is 2. The van der Waals surface area contributed by atoms with E-state index in [4.69, 9.17) is 0 Å². The summed E-state index contributed by atoms with van der Waals surface area (Å²) in [5.74, 6) is -1.12. The number of carboxylic acid groups (broad SMARTS) is 1. The molecule has 0 heterocycles. The first-order valence-electron chi connectivity index (χ1n) is 9.27. The summed E-state index contributed by atoms with van der Waals surface area (Å²) in [6.45, 7) is 5.58. The van der Waals surface area contributed by atoms with Gasteiger partial charge in [0.25, 0.3) is 0 Å². The first-order chi connectivity index (χ1) is 11.4. The number of nitrogens with one attached hydrogen (secondary N) is 1. The highest BCUT2D eigenvalue weighted by atomic mass is 16.4. The molecular formula is C18H32N2O4. The second-order valence-electron chi connectivity index (χ2n) is 6.73. The van der Waals surface area contributed by atoms with Crippen LogP contribution in [-0.4, -0.2) is 46.4 Å². The van der Waals surface area contributed by atoms with Crippen molar-refractivity contribution in [3.8, 4) is 0 Å². The van der Waals surface area contributed by atoms with Gasteiger partial charge in [-0.25, -0.2) is 4.79 Å². The molecule has 0 atom stereocenters. The van der Waals surface area contributed by atoms with Gasteiger partial charge in [0.2, 0.25) is 11.8 Å². The van der Waals surface area contributed by atoms with Gasteiger partial charge in [-0.15, -0.1) is 0 Å². The Hall–Kier alpha value is -1.59. The van der Waals surface area contributed by atoms with Crippen LogP contribution >= 0.6 is 0 Å². The number of carbonyl (C=O) groups excluding carboxylic acids is 2. The molecule has 0 aromatic heterocycles. The molecule has 0 aliphatic heterocycles. The van der Waals surface area contributed by atoms with E-state index in [0.717, 1.165) is 45.2 Å². The lowest BCUT2D eigenvalue weighted by Gasteiger charge is -2.34. The van der Waals surface area contributed by atoms with Crippen molar-refractivity contribution >= 4 is 17.8 Å². The number of hydrogen-bond acceptors (Lipinski definition) is 3. The molecule has 0 aromatic carbocycles. The number of carbonyl (C=O) groups is 3. The lowest BCUT2D eigenvalue weighted by Crippen LogP contribution is -2.55. The predicted octanol–water partition coefficient (Wildman–Crippen LogP) is 2.71. The molecule has 1 aliphatic rings. The molecule has 24 heavy (non-hydrogen) atoms. The first-order valence-corrected chi connectivity index (χ1v) is 9.27. The highest BCUT2D eigenvalue weighted by Gasteiger charge is 2.40. The van der Waals surface area contributed by atoms with Gasteiger partial charge in [0.05, 0.1) is 0 Å². The maximum Gasteiger partial charge on any atom is 0.329 e. The minimum Gasteiger partial charge on any atom is -0.480 e. The molecule has 0 bridgehead atoms. The van der Waals surface area contributed by atoms with Crippen molar-refractivity contribution in [2.45, 2.75) is 83.6 Å². The van der Waals surface area contributed by atoms with Crippen LogP contribution < -0.4 is 5.32 Å². The van der Waals surface area contributed by atoms with Crippen LogP contribution in [0.5, 0.6) is 0 Å².